The zero-order chi connectivity index (χ0) is 25.9. The number of carboxylic acids is 1. The normalized spacial score (nSPS) is 14.6. The summed E-state index contributed by atoms with van der Waals surface area (Å²) in [6.07, 6.45) is 3.35. The first-order valence-electron chi connectivity index (χ1n) is 11.5. The minimum atomic E-state index is -3.71. The standard InChI is InChI=1S/C26H25F2NO6S/c27-23-16-22(26(31)32)24(28)14-19(23)2-1-13-36(33,34)21-5-3-20(4-6-21)29-10-7-18(15-25(29)30)17-8-11-35-12-9-17/h3-7,10,14-17H,1-2,8-9,11-13H2,(H,31,32). The average molecular weight is 518 g/mol. The van der Waals surface area contributed by atoms with Crippen LogP contribution in [0.25, 0.3) is 5.69 Å². The third kappa shape index (κ3) is 5.71. The minimum Gasteiger partial charge on any atom is -0.478 e. The summed E-state index contributed by atoms with van der Waals surface area (Å²) in [7, 11) is -3.71. The molecule has 1 aromatic heterocycles. The second kappa shape index (κ2) is 10.7. The van der Waals surface area contributed by atoms with E-state index in [-0.39, 0.29) is 40.5 Å². The van der Waals surface area contributed by atoms with Gasteiger partial charge in [0.1, 0.15) is 11.6 Å². The number of hydrogen-bond acceptors (Lipinski definition) is 5. The van der Waals surface area contributed by atoms with Gasteiger partial charge in [0, 0.05) is 31.2 Å². The van der Waals surface area contributed by atoms with Crippen molar-refractivity contribution in [1.29, 1.82) is 0 Å². The summed E-state index contributed by atoms with van der Waals surface area (Å²) >= 11 is 0. The highest BCUT2D eigenvalue weighted by Crippen LogP contribution is 2.26. The van der Waals surface area contributed by atoms with Crippen molar-refractivity contribution < 1.29 is 31.8 Å². The van der Waals surface area contributed by atoms with Gasteiger partial charge in [-0.3, -0.25) is 9.36 Å². The van der Waals surface area contributed by atoms with Crippen LogP contribution in [0.2, 0.25) is 0 Å². The van der Waals surface area contributed by atoms with Crippen molar-refractivity contribution in [1.82, 2.24) is 4.57 Å². The van der Waals surface area contributed by atoms with Crippen LogP contribution in [0.4, 0.5) is 8.78 Å². The number of ether oxygens (including phenoxy) is 1. The summed E-state index contributed by atoms with van der Waals surface area (Å²) in [6, 6.07) is 10.8. The molecule has 0 amide bonds. The first kappa shape index (κ1) is 25.7. The lowest BCUT2D eigenvalue weighted by molar-refractivity contribution is 0.0691. The Balaban J connectivity index is 1.42. The third-order valence-electron chi connectivity index (χ3n) is 6.34. The van der Waals surface area contributed by atoms with Crippen molar-refractivity contribution in [2.75, 3.05) is 19.0 Å². The highest BCUT2D eigenvalue weighted by molar-refractivity contribution is 7.91. The Hall–Kier alpha value is -3.37. The van der Waals surface area contributed by atoms with Crippen LogP contribution in [0.15, 0.2) is 64.4 Å². The minimum absolute atomic E-state index is 0.0139. The van der Waals surface area contributed by atoms with E-state index >= 15 is 0 Å². The van der Waals surface area contributed by atoms with E-state index in [0.717, 1.165) is 24.5 Å². The van der Waals surface area contributed by atoms with E-state index in [1.807, 2.05) is 6.07 Å². The van der Waals surface area contributed by atoms with Crippen LogP contribution in [0, 0.1) is 11.6 Å². The van der Waals surface area contributed by atoms with Crippen LogP contribution in [-0.2, 0) is 21.0 Å². The molecular formula is C26H25F2NO6S. The van der Waals surface area contributed by atoms with E-state index in [0.29, 0.717) is 25.0 Å². The van der Waals surface area contributed by atoms with Crippen molar-refractivity contribution in [3.8, 4) is 5.69 Å². The number of hydrogen-bond donors (Lipinski definition) is 1. The number of sulfone groups is 1. The Morgan fingerprint density at radius 3 is 2.36 bits per heavy atom. The molecule has 2 heterocycles. The van der Waals surface area contributed by atoms with Crippen molar-refractivity contribution in [3.05, 3.63) is 93.4 Å². The number of aromatic carboxylic acids is 1. The second-order valence-corrected chi connectivity index (χ2v) is 10.8. The average Bonchev–Trinajstić information content (AvgIpc) is 2.86. The summed E-state index contributed by atoms with van der Waals surface area (Å²) in [4.78, 5) is 23.6. The van der Waals surface area contributed by atoms with Crippen LogP contribution in [0.1, 0.15) is 46.7 Å². The Morgan fingerprint density at radius 1 is 1.03 bits per heavy atom. The van der Waals surface area contributed by atoms with Gasteiger partial charge < -0.3 is 9.84 Å². The lowest BCUT2D eigenvalue weighted by Crippen LogP contribution is -2.20. The van der Waals surface area contributed by atoms with E-state index in [2.05, 4.69) is 0 Å². The number of aryl methyl sites for hydroxylation is 1. The highest BCUT2D eigenvalue weighted by Gasteiger charge is 2.19. The van der Waals surface area contributed by atoms with Crippen LogP contribution in [0.3, 0.4) is 0 Å². The lowest BCUT2D eigenvalue weighted by atomic mass is 9.92. The number of nitrogens with zero attached hydrogens (tertiary/aromatic N) is 1. The van der Waals surface area contributed by atoms with E-state index in [1.54, 1.807) is 24.4 Å². The topological polar surface area (TPSA) is 103 Å². The predicted octanol–water partition coefficient (Wildman–Crippen LogP) is 4.11. The van der Waals surface area contributed by atoms with Gasteiger partial charge >= 0.3 is 5.97 Å². The lowest BCUT2D eigenvalue weighted by Gasteiger charge is -2.22. The Bertz CT molecular complexity index is 1430. The molecule has 3 aromatic rings. The van der Waals surface area contributed by atoms with E-state index in [4.69, 9.17) is 9.84 Å². The first-order chi connectivity index (χ1) is 17.2. The van der Waals surface area contributed by atoms with Crippen LogP contribution < -0.4 is 5.56 Å². The van der Waals surface area contributed by atoms with Gasteiger partial charge in [0.15, 0.2) is 9.84 Å². The molecule has 1 N–H and O–H groups in total. The molecule has 0 unspecified atom stereocenters. The summed E-state index contributed by atoms with van der Waals surface area (Å²) in [5.74, 6) is -3.58. The fraction of sp³-hybridized carbons (Fsp3) is 0.308. The maximum atomic E-state index is 14.1. The fourth-order valence-corrected chi connectivity index (χ4v) is 5.63. The van der Waals surface area contributed by atoms with Gasteiger partial charge in [-0.05, 0) is 85.2 Å². The first-order valence-corrected chi connectivity index (χ1v) is 13.2. The van der Waals surface area contributed by atoms with Crippen LogP contribution in [-0.4, -0.2) is 43.0 Å². The SMILES string of the molecule is O=C(O)c1cc(F)c(CCCS(=O)(=O)c2ccc(-n3ccc(C4CCOCC4)cc3=O)cc2)cc1F. The molecule has 1 aliphatic heterocycles. The molecule has 0 atom stereocenters. The number of halogens is 2. The smallest absolute Gasteiger partial charge is 0.338 e. The molecule has 0 radical (unpaired) electrons. The Morgan fingerprint density at radius 2 is 1.72 bits per heavy atom. The van der Waals surface area contributed by atoms with Crippen LogP contribution in [0.5, 0.6) is 0 Å². The van der Waals surface area contributed by atoms with Gasteiger partial charge in [-0.25, -0.2) is 22.0 Å². The predicted molar refractivity (Wildman–Crippen MR) is 129 cm³/mol. The molecule has 0 bridgehead atoms. The number of pyridine rings is 1. The van der Waals surface area contributed by atoms with Crippen LogP contribution >= 0.6 is 0 Å². The van der Waals surface area contributed by atoms with E-state index in [1.165, 1.54) is 16.7 Å². The maximum absolute atomic E-state index is 14.1. The van der Waals surface area contributed by atoms with Crippen molar-refractivity contribution >= 4 is 15.8 Å². The van der Waals surface area contributed by atoms with Crippen molar-refractivity contribution in [2.45, 2.75) is 36.5 Å². The number of rotatable bonds is 8. The van der Waals surface area contributed by atoms with Gasteiger partial charge in [0.05, 0.1) is 16.2 Å². The molecular weight excluding hydrogens is 492 g/mol. The molecule has 10 heteroatoms. The fourth-order valence-electron chi connectivity index (χ4n) is 4.32. The van der Waals surface area contributed by atoms with Gasteiger partial charge in [0.25, 0.3) is 5.56 Å². The molecule has 1 fully saturated rings. The van der Waals surface area contributed by atoms with E-state index in [9.17, 15) is 26.8 Å². The number of carbonyl (C=O) groups is 1. The summed E-state index contributed by atoms with van der Waals surface area (Å²) < 4.78 is 60.2. The summed E-state index contributed by atoms with van der Waals surface area (Å²) in [5.41, 5.74) is 0.409. The Kier molecular flexibility index (Phi) is 7.65. The molecule has 2 aromatic carbocycles. The molecule has 0 saturated carbocycles. The molecule has 1 aliphatic rings. The molecule has 0 spiro atoms. The molecule has 190 valence electrons. The number of carboxylic acid groups (broad SMARTS) is 1. The van der Waals surface area contributed by atoms with Crippen molar-refractivity contribution in [2.24, 2.45) is 0 Å². The summed E-state index contributed by atoms with van der Waals surface area (Å²) in [6.45, 7) is 1.35. The number of benzene rings is 2. The monoisotopic (exact) mass is 517 g/mol. The molecule has 4 rings (SSSR count). The van der Waals surface area contributed by atoms with Gasteiger partial charge in [0.2, 0.25) is 0 Å². The zero-order valence-electron chi connectivity index (χ0n) is 19.3. The van der Waals surface area contributed by atoms with E-state index < -0.39 is 33.0 Å². The van der Waals surface area contributed by atoms with Crippen molar-refractivity contribution in [3.63, 3.8) is 0 Å². The largest absolute Gasteiger partial charge is 0.478 e. The highest BCUT2D eigenvalue weighted by atomic mass is 32.2. The number of aromatic nitrogens is 1. The third-order valence-corrected chi connectivity index (χ3v) is 8.15. The second-order valence-electron chi connectivity index (χ2n) is 8.70. The molecule has 0 aliphatic carbocycles. The summed E-state index contributed by atoms with van der Waals surface area (Å²) in [5, 5.41) is 8.85. The van der Waals surface area contributed by atoms with Gasteiger partial charge in [-0.2, -0.15) is 0 Å². The molecule has 1 saturated heterocycles. The quantitative estimate of drug-likeness (QED) is 0.482. The van der Waals surface area contributed by atoms with Gasteiger partial charge in [-0.1, -0.05) is 0 Å². The maximum Gasteiger partial charge on any atom is 0.338 e. The Labute approximate surface area is 206 Å². The zero-order valence-corrected chi connectivity index (χ0v) is 20.1. The molecule has 7 nitrogen and oxygen atoms in total. The van der Waals surface area contributed by atoms with Gasteiger partial charge in [-0.15, -0.1) is 0 Å². The molecule has 36 heavy (non-hydrogen) atoms.